The van der Waals surface area contributed by atoms with Gasteiger partial charge in [-0.25, -0.2) is 0 Å². The zero-order valence-corrected chi connectivity index (χ0v) is 15.8. The Kier molecular flexibility index (Phi) is 4.61. The molecule has 0 bridgehead atoms. The Morgan fingerprint density at radius 3 is 2.59 bits per heavy atom. The number of hydrogen-bond acceptors (Lipinski definition) is 3. The van der Waals surface area contributed by atoms with Gasteiger partial charge in [-0.2, -0.15) is 5.26 Å². The van der Waals surface area contributed by atoms with Crippen molar-refractivity contribution in [2.75, 3.05) is 0 Å². The molecule has 0 amide bonds. The van der Waals surface area contributed by atoms with Crippen LogP contribution in [0.25, 0.3) is 0 Å². The number of rotatable bonds is 4. The van der Waals surface area contributed by atoms with Gasteiger partial charge in [-0.05, 0) is 69.3 Å². The second-order valence-electron chi connectivity index (χ2n) is 8.12. The lowest BCUT2D eigenvalue weighted by Crippen LogP contribution is -2.58. The van der Waals surface area contributed by atoms with Crippen LogP contribution in [0.3, 0.4) is 0 Å². The highest BCUT2D eigenvalue weighted by atomic mass is 28.4. The van der Waals surface area contributed by atoms with Crippen LogP contribution < -0.4 is 0 Å². The Balaban J connectivity index is 2.45. The maximum absolute atomic E-state index is 10.1. The van der Waals surface area contributed by atoms with Crippen molar-refractivity contribution in [2.45, 2.75) is 71.7 Å². The molecule has 3 nitrogen and oxygen atoms in total. The van der Waals surface area contributed by atoms with Gasteiger partial charge >= 0.3 is 0 Å². The molecular formula is C18H29NO2Si. The number of hydrogen-bond donors (Lipinski definition) is 0. The summed E-state index contributed by atoms with van der Waals surface area (Å²) in [7, 11) is -1.82. The topological polar surface area (TPSA) is 46.2 Å². The Bertz CT molecular complexity index is 568. The van der Waals surface area contributed by atoms with Crippen LogP contribution in [0.1, 0.15) is 44.2 Å². The molecule has 1 heterocycles. The summed E-state index contributed by atoms with van der Waals surface area (Å²) in [6.07, 6.45) is 7.53. The highest BCUT2D eigenvalue weighted by Crippen LogP contribution is 2.52. The Morgan fingerprint density at radius 2 is 2.09 bits per heavy atom. The zero-order valence-electron chi connectivity index (χ0n) is 14.8. The van der Waals surface area contributed by atoms with Gasteiger partial charge in [-0.1, -0.05) is 13.8 Å². The van der Waals surface area contributed by atoms with Gasteiger partial charge in [0, 0.05) is 5.41 Å². The van der Waals surface area contributed by atoms with Gasteiger partial charge in [0.2, 0.25) is 0 Å². The first-order valence-electron chi connectivity index (χ1n) is 8.27. The first-order valence-corrected chi connectivity index (χ1v) is 11.7. The van der Waals surface area contributed by atoms with E-state index in [1.807, 2.05) is 6.26 Å². The first-order chi connectivity index (χ1) is 10.1. The molecule has 0 spiro atoms. The van der Waals surface area contributed by atoms with E-state index in [1.165, 1.54) is 11.1 Å². The minimum atomic E-state index is -1.82. The molecule has 1 saturated carbocycles. The molecule has 2 rings (SSSR count). The molecule has 0 aromatic carbocycles. The van der Waals surface area contributed by atoms with Crippen molar-refractivity contribution >= 4 is 8.32 Å². The quantitative estimate of drug-likeness (QED) is 0.728. The average molecular weight is 320 g/mol. The van der Waals surface area contributed by atoms with Gasteiger partial charge in [0.15, 0.2) is 8.32 Å². The van der Waals surface area contributed by atoms with Crippen LogP contribution in [-0.4, -0.2) is 13.9 Å². The predicted octanol–water partition coefficient (Wildman–Crippen LogP) is 5.07. The van der Waals surface area contributed by atoms with Gasteiger partial charge in [0.25, 0.3) is 0 Å². The molecule has 1 unspecified atom stereocenters. The summed E-state index contributed by atoms with van der Waals surface area (Å²) < 4.78 is 11.9. The fraction of sp³-hybridized carbons (Fsp3) is 0.722. The molecular weight excluding hydrogens is 290 g/mol. The van der Waals surface area contributed by atoms with Crippen LogP contribution in [0.15, 0.2) is 16.9 Å². The molecule has 0 radical (unpaired) electrons. The van der Waals surface area contributed by atoms with Gasteiger partial charge in [-0.15, -0.1) is 0 Å². The van der Waals surface area contributed by atoms with Crippen molar-refractivity contribution in [1.82, 2.24) is 0 Å². The van der Waals surface area contributed by atoms with E-state index >= 15 is 0 Å². The standard InChI is InChI=1S/C18H29NO2Si/c1-14-11-20-12-16(14)10-17(3)15(2)8-7-9-18(17,13-19)21-22(4,5)6/h11-12,15H,7-10H2,1-6H3/t15-,17+,18?/m0/s1. The Morgan fingerprint density at radius 1 is 1.41 bits per heavy atom. The third kappa shape index (κ3) is 3.02. The van der Waals surface area contributed by atoms with Crippen molar-refractivity contribution < 1.29 is 8.84 Å². The summed E-state index contributed by atoms with van der Waals surface area (Å²) in [6, 6.07) is 2.61. The summed E-state index contributed by atoms with van der Waals surface area (Å²) in [4.78, 5) is 0. The van der Waals surface area contributed by atoms with Crippen LogP contribution >= 0.6 is 0 Å². The average Bonchev–Trinajstić information content (AvgIpc) is 2.79. The summed E-state index contributed by atoms with van der Waals surface area (Å²) in [5.41, 5.74) is 1.50. The molecule has 3 atom stereocenters. The van der Waals surface area contributed by atoms with E-state index in [-0.39, 0.29) is 5.41 Å². The number of nitrogens with zero attached hydrogens (tertiary/aromatic N) is 1. The van der Waals surface area contributed by atoms with Crippen molar-refractivity contribution in [2.24, 2.45) is 11.3 Å². The maximum Gasteiger partial charge on any atom is 0.185 e. The second kappa shape index (κ2) is 5.86. The first kappa shape index (κ1) is 17.3. The summed E-state index contributed by atoms with van der Waals surface area (Å²) in [5.74, 6) is 0.451. The van der Waals surface area contributed by atoms with Crippen LogP contribution in [-0.2, 0) is 10.8 Å². The summed E-state index contributed by atoms with van der Waals surface area (Å²) in [6.45, 7) is 13.1. The van der Waals surface area contributed by atoms with Gasteiger partial charge in [0.05, 0.1) is 18.6 Å². The Labute approximate surface area is 135 Å². The van der Waals surface area contributed by atoms with Crippen LogP contribution in [0, 0.1) is 29.6 Å². The molecule has 1 aromatic heterocycles. The van der Waals surface area contributed by atoms with Crippen molar-refractivity contribution in [3.8, 4) is 6.07 Å². The molecule has 22 heavy (non-hydrogen) atoms. The third-order valence-electron chi connectivity index (χ3n) is 5.36. The number of furan rings is 1. The van der Waals surface area contributed by atoms with Crippen molar-refractivity contribution in [1.29, 1.82) is 5.26 Å². The van der Waals surface area contributed by atoms with E-state index in [0.717, 1.165) is 25.7 Å². The molecule has 1 fully saturated rings. The summed E-state index contributed by atoms with van der Waals surface area (Å²) >= 11 is 0. The molecule has 1 aliphatic carbocycles. The summed E-state index contributed by atoms with van der Waals surface area (Å²) in [5, 5.41) is 10.1. The van der Waals surface area contributed by atoms with E-state index in [9.17, 15) is 5.26 Å². The van der Waals surface area contributed by atoms with Gasteiger partial charge < -0.3 is 8.84 Å². The fourth-order valence-corrected chi connectivity index (χ4v) is 5.26. The van der Waals surface area contributed by atoms with E-state index in [1.54, 1.807) is 6.26 Å². The normalized spacial score (nSPS) is 32.7. The molecule has 122 valence electrons. The van der Waals surface area contributed by atoms with Gasteiger partial charge in [0.1, 0.15) is 5.60 Å². The van der Waals surface area contributed by atoms with Gasteiger partial charge in [-0.3, -0.25) is 0 Å². The lowest BCUT2D eigenvalue weighted by atomic mass is 9.57. The predicted molar refractivity (Wildman–Crippen MR) is 91.0 cm³/mol. The van der Waals surface area contributed by atoms with E-state index in [4.69, 9.17) is 8.84 Å². The molecule has 0 N–H and O–H groups in total. The van der Waals surface area contributed by atoms with Crippen LogP contribution in [0.5, 0.6) is 0 Å². The third-order valence-corrected chi connectivity index (χ3v) is 6.32. The smallest absolute Gasteiger partial charge is 0.185 e. The molecule has 0 saturated heterocycles. The molecule has 4 heteroatoms. The second-order valence-corrected chi connectivity index (χ2v) is 12.5. The lowest BCUT2D eigenvalue weighted by Gasteiger charge is -2.53. The van der Waals surface area contributed by atoms with E-state index in [2.05, 4.69) is 46.5 Å². The molecule has 1 aromatic rings. The highest BCUT2D eigenvalue weighted by molar-refractivity contribution is 6.69. The zero-order chi connectivity index (χ0) is 16.6. The minimum Gasteiger partial charge on any atom is -0.472 e. The van der Waals surface area contributed by atoms with Crippen LogP contribution in [0.4, 0.5) is 0 Å². The minimum absolute atomic E-state index is 0.186. The Hall–Kier alpha value is -1.05. The van der Waals surface area contributed by atoms with E-state index in [0.29, 0.717) is 5.92 Å². The van der Waals surface area contributed by atoms with Crippen molar-refractivity contribution in [3.63, 3.8) is 0 Å². The number of aryl methyl sites for hydroxylation is 1. The highest BCUT2D eigenvalue weighted by Gasteiger charge is 2.56. The fourth-order valence-electron chi connectivity index (χ4n) is 3.84. The largest absolute Gasteiger partial charge is 0.472 e. The molecule has 1 aliphatic rings. The SMILES string of the molecule is Cc1cocc1C[C@]1(C)[C@@H](C)CCCC1(C#N)O[Si](C)(C)C. The van der Waals surface area contributed by atoms with Crippen LogP contribution in [0.2, 0.25) is 19.6 Å². The maximum atomic E-state index is 10.1. The van der Waals surface area contributed by atoms with E-state index < -0.39 is 13.9 Å². The number of nitriles is 1. The molecule has 0 aliphatic heterocycles. The lowest BCUT2D eigenvalue weighted by molar-refractivity contribution is -0.0782. The monoisotopic (exact) mass is 319 g/mol. The van der Waals surface area contributed by atoms with Crippen molar-refractivity contribution in [3.05, 3.63) is 23.7 Å².